The number of hydrogen-bond donors (Lipinski definition) is 0. The van der Waals surface area contributed by atoms with Crippen LogP contribution >= 0.6 is 11.8 Å². The maximum Gasteiger partial charge on any atom is 0.416 e. The van der Waals surface area contributed by atoms with Crippen molar-refractivity contribution in [2.75, 3.05) is 19.2 Å². The van der Waals surface area contributed by atoms with E-state index in [1.54, 1.807) is 11.8 Å². The molecule has 0 fully saturated rings. The summed E-state index contributed by atoms with van der Waals surface area (Å²) in [6, 6.07) is 10.5. The maximum atomic E-state index is 12.6. The number of alkyl halides is 3. The molecule has 8 heteroatoms. The zero-order chi connectivity index (χ0) is 21.3. The van der Waals surface area contributed by atoms with Gasteiger partial charge in [-0.15, -0.1) is 11.8 Å². The molecular weight excluding hydrogens is 405 g/mol. The third-order valence-corrected chi connectivity index (χ3v) is 5.45. The van der Waals surface area contributed by atoms with Gasteiger partial charge in [-0.05, 0) is 61.4 Å². The van der Waals surface area contributed by atoms with Gasteiger partial charge in [0.05, 0.1) is 12.2 Å². The molecule has 4 nitrogen and oxygen atoms in total. The van der Waals surface area contributed by atoms with E-state index in [1.165, 1.54) is 12.1 Å². The minimum atomic E-state index is -4.35. The first-order chi connectivity index (χ1) is 13.8. The Labute approximate surface area is 172 Å². The van der Waals surface area contributed by atoms with E-state index in [0.29, 0.717) is 24.6 Å². The smallest absolute Gasteiger partial charge is 0.416 e. The molecule has 2 rings (SSSR count). The summed E-state index contributed by atoms with van der Waals surface area (Å²) in [5.74, 6) is 2.13. The Kier molecular flexibility index (Phi) is 8.70. The second-order valence-electron chi connectivity index (χ2n) is 6.37. The van der Waals surface area contributed by atoms with E-state index in [4.69, 9.17) is 9.47 Å². The van der Waals surface area contributed by atoms with Crippen molar-refractivity contribution in [1.82, 2.24) is 0 Å². The summed E-state index contributed by atoms with van der Waals surface area (Å²) in [5, 5.41) is 0. The van der Waals surface area contributed by atoms with Gasteiger partial charge in [-0.25, -0.2) is 0 Å². The van der Waals surface area contributed by atoms with Crippen molar-refractivity contribution in [3.05, 3.63) is 53.6 Å². The van der Waals surface area contributed by atoms with Gasteiger partial charge in [0.15, 0.2) is 0 Å². The minimum Gasteiger partial charge on any atom is -0.493 e. The van der Waals surface area contributed by atoms with Crippen molar-refractivity contribution < 1.29 is 32.2 Å². The van der Waals surface area contributed by atoms with Crippen LogP contribution in [0.5, 0.6) is 11.5 Å². The lowest BCUT2D eigenvalue weighted by molar-refractivity contribution is -0.137. The number of rotatable bonds is 11. The van der Waals surface area contributed by atoms with Gasteiger partial charge in [0, 0.05) is 16.6 Å². The lowest BCUT2D eigenvalue weighted by Crippen LogP contribution is -2.14. The second-order valence-corrected chi connectivity index (χ2v) is 7.46. The van der Waals surface area contributed by atoms with E-state index >= 15 is 0 Å². The summed E-state index contributed by atoms with van der Waals surface area (Å²) in [6.45, 7) is 4.59. The number of aryl methyl sites for hydroxylation is 1. The van der Waals surface area contributed by atoms with Gasteiger partial charge >= 0.3 is 6.18 Å². The molecule has 0 amide bonds. The first-order valence-electron chi connectivity index (χ1n) is 9.05. The number of ether oxygens (including phenoxy) is 3. The lowest BCUT2D eigenvalue weighted by atomic mass is 10.1. The second kappa shape index (κ2) is 11.0. The van der Waals surface area contributed by atoms with Crippen LogP contribution in [0.4, 0.5) is 13.2 Å². The van der Waals surface area contributed by atoms with Crippen LogP contribution in [0.1, 0.15) is 24.5 Å². The average Bonchev–Trinajstić information content (AvgIpc) is 2.69. The van der Waals surface area contributed by atoms with Crippen molar-refractivity contribution in [3.8, 4) is 11.5 Å². The lowest BCUT2D eigenvalue weighted by Gasteiger charge is -2.16. The summed E-state index contributed by atoms with van der Waals surface area (Å²) < 4.78 is 53.4. The van der Waals surface area contributed by atoms with Gasteiger partial charge in [-0.3, -0.25) is 4.79 Å². The Morgan fingerprint density at radius 3 is 2.41 bits per heavy atom. The monoisotopic (exact) mass is 428 g/mol. The van der Waals surface area contributed by atoms with Crippen LogP contribution in [-0.2, 0) is 15.7 Å². The highest BCUT2D eigenvalue weighted by molar-refractivity contribution is 7.99. The summed E-state index contributed by atoms with van der Waals surface area (Å²) in [4.78, 5) is 11.2. The summed E-state index contributed by atoms with van der Waals surface area (Å²) >= 11 is 1.67. The fourth-order valence-corrected chi connectivity index (χ4v) is 3.64. The number of halogens is 3. The molecule has 0 radical (unpaired) electrons. The van der Waals surface area contributed by atoms with Crippen molar-refractivity contribution >= 4 is 18.2 Å². The first kappa shape index (κ1) is 22.9. The number of carbonyl (C=O) groups is 1. The predicted molar refractivity (Wildman–Crippen MR) is 105 cm³/mol. The Morgan fingerprint density at radius 2 is 1.83 bits per heavy atom. The van der Waals surface area contributed by atoms with Crippen LogP contribution < -0.4 is 9.47 Å². The Hall–Kier alpha value is -2.35. The summed E-state index contributed by atoms with van der Waals surface area (Å²) in [6.07, 6.45) is -3.46. The molecule has 1 unspecified atom stereocenters. The van der Waals surface area contributed by atoms with Crippen LogP contribution in [0.15, 0.2) is 47.4 Å². The molecule has 0 heterocycles. The SMILES string of the molecule is CCC(COc1ccc(C(F)(F)F)cc1)CSc1ccc(OCOC=O)c(C)c1. The van der Waals surface area contributed by atoms with E-state index in [0.717, 1.165) is 34.8 Å². The Bertz CT molecular complexity index is 778. The molecule has 29 heavy (non-hydrogen) atoms. The quantitative estimate of drug-likeness (QED) is 0.198. The van der Waals surface area contributed by atoms with Crippen LogP contribution in [0.25, 0.3) is 0 Å². The molecule has 2 aromatic rings. The van der Waals surface area contributed by atoms with E-state index in [2.05, 4.69) is 11.7 Å². The van der Waals surface area contributed by atoms with Crippen LogP contribution in [-0.4, -0.2) is 25.6 Å². The highest BCUT2D eigenvalue weighted by Crippen LogP contribution is 2.31. The number of carbonyl (C=O) groups excluding carboxylic acids is 1. The van der Waals surface area contributed by atoms with E-state index < -0.39 is 11.7 Å². The third kappa shape index (κ3) is 7.53. The van der Waals surface area contributed by atoms with Gasteiger partial charge < -0.3 is 14.2 Å². The number of thioether (sulfide) groups is 1. The van der Waals surface area contributed by atoms with E-state index in [1.807, 2.05) is 25.1 Å². The maximum absolute atomic E-state index is 12.6. The molecule has 158 valence electrons. The molecule has 0 bridgehead atoms. The van der Waals surface area contributed by atoms with Gasteiger partial charge in [0.2, 0.25) is 6.79 Å². The largest absolute Gasteiger partial charge is 0.493 e. The number of hydrogen-bond acceptors (Lipinski definition) is 5. The van der Waals surface area contributed by atoms with E-state index in [-0.39, 0.29) is 12.7 Å². The molecule has 1 atom stereocenters. The fraction of sp³-hybridized carbons (Fsp3) is 0.381. The summed E-state index contributed by atoms with van der Waals surface area (Å²) in [5.41, 5.74) is 0.242. The van der Waals surface area contributed by atoms with Crippen LogP contribution in [0.3, 0.4) is 0 Å². The van der Waals surface area contributed by atoms with Gasteiger partial charge in [-0.2, -0.15) is 13.2 Å². The highest BCUT2D eigenvalue weighted by atomic mass is 32.2. The Balaban J connectivity index is 1.84. The fourth-order valence-electron chi connectivity index (χ4n) is 2.45. The van der Waals surface area contributed by atoms with Gasteiger partial charge in [-0.1, -0.05) is 6.92 Å². The topological polar surface area (TPSA) is 44.8 Å². The molecule has 0 aromatic heterocycles. The van der Waals surface area contributed by atoms with Crippen molar-refractivity contribution in [3.63, 3.8) is 0 Å². The Morgan fingerprint density at radius 1 is 1.10 bits per heavy atom. The van der Waals surface area contributed by atoms with Crippen LogP contribution in [0, 0.1) is 12.8 Å². The molecule has 0 saturated carbocycles. The first-order valence-corrected chi connectivity index (χ1v) is 10.0. The van der Waals surface area contributed by atoms with Crippen molar-refractivity contribution in [2.24, 2.45) is 5.92 Å². The van der Waals surface area contributed by atoms with Gasteiger partial charge in [0.25, 0.3) is 6.47 Å². The molecule has 0 N–H and O–H groups in total. The molecule has 0 aliphatic carbocycles. The molecule has 0 aliphatic rings. The molecule has 0 aliphatic heterocycles. The van der Waals surface area contributed by atoms with E-state index in [9.17, 15) is 18.0 Å². The standard InChI is InChI=1S/C21H23F3O4S/c1-3-16(11-27-18-6-4-17(5-7-18)21(22,23)24)12-29-19-8-9-20(15(2)10-19)28-14-26-13-25/h4-10,13,16H,3,11-12,14H2,1-2H3. The summed E-state index contributed by atoms with van der Waals surface area (Å²) in [7, 11) is 0. The third-order valence-electron chi connectivity index (χ3n) is 4.23. The minimum absolute atomic E-state index is 0.129. The van der Waals surface area contributed by atoms with Crippen molar-refractivity contribution in [2.45, 2.75) is 31.3 Å². The molecule has 2 aromatic carbocycles. The zero-order valence-electron chi connectivity index (χ0n) is 16.2. The zero-order valence-corrected chi connectivity index (χ0v) is 17.0. The van der Waals surface area contributed by atoms with Gasteiger partial charge in [0.1, 0.15) is 11.5 Å². The average molecular weight is 428 g/mol. The predicted octanol–water partition coefficient (Wildman–Crippen LogP) is 5.72. The van der Waals surface area contributed by atoms with Crippen molar-refractivity contribution in [1.29, 1.82) is 0 Å². The normalized spacial score (nSPS) is 12.3. The highest BCUT2D eigenvalue weighted by Gasteiger charge is 2.30. The van der Waals surface area contributed by atoms with Crippen LogP contribution in [0.2, 0.25) is 0 Å². The number of benzene rings is 2. The molecule has 0 spiro atoms. The molecule has 0 saturated heterocycles. The molecular formula is C21H23F3O4S.